The lowest BCUT2D eigenvalue weighted by molar-refractivity contribution is 0.0913. The third-order valence-corrected chi connectivity index (χ3v) is 4.20. The fourth-order valence-electron chi connectivity index (χ4n) is 2.92. The Balaban J connectivity index is 1.53. The summed E-state index contributed by atoms with van der Waals surface area (Å²) in [6.07, 6.45) is 5.69. The highest BCUT2D eigenvalue weighted by molar-refractivity contribution is 6.31. The van der Waals surface area contributed by atoms with Crippen molar-refractivity contribution in [3.63, 3.8) is 0 Å². The minimum absolute atomic E-state index is 0.485. The molecular formula is C16H15ClN4. The van der Waals surface area contributed by atoms with E-state index in [1.807, 2.05) is 47.5 Å². The van der Waals surface area contributed by atoms with E-state index in [1.165, 1.54) is 5.56 Å². The van der Waals surface area contributed by atoms with Gasteiger partial charge in [-0.1, -0.05) is 17.7 Å². The molecule has 0 N–H and O–H groups in total. The first-order valence-corrected chi connectivity index (χ1v) is 7.42. The van der Waals surface area contributed by atoms with Gasteiger partial charge in [0.2, 0.25) is 0 Å². The number of halogens is 1. The van der Waals surface area contributed by atoms with E-state index in [4.69, 9.17) is 11.6 Å². The molecule has 4 nitrogen and oxygen atoms in total. The molecule has 21 heavy (non-hydrogen) atoms. The molecule has 0 unspecified atom stereocenters. The van der Waals surface area contributed by atoms with Gasteiger partial charge in [0.15, 0.2) is 0 Å². The van der Waals surface area contributed by atoms with E-state index >= 15 is 0 Å². The summed E-state index contributed by atoms with van der Waals surface area (Å²) in [6, 6.07) is 10.4. The standard InChI is InChI=1S/C16H15ClN4/c17-14-7-12-3-1-4-18-16(12)13(8-14)9-20-10-15(11-20)21-6-2-5-19-21/h1-8,15H,9-11H2. The summed E-state index contributed by atoms with van der Waals surface area (Å²) in [6.45, 7) is 2.91. The first-order chi connectivity index (χ1) is 10.3. The summed E-state index contributed by atoms with van der Waals surface area (Å²) in [5, 5.41) is 6.17. The van der Waals surface area contributed by atoms with Gasteiger partial charge >= 0.3 is 0 Å². The maximum Gasteiger partial charge on any atom is 0.0773 e. The van der Waals surface area contributed by atoms with Crippen molar-refractivity contribution >= 4 is 22.5 Å². The minimum Gasteiger partial charge on any atom is -0.295 e. The molecule has 0 bridgehead atoms. The first-order valence-electron chi connectivity index (χ1n) is 7.04. The second kappa shape index (κ2) is 5.13. The van der Waals surface area contributed by atoms with Gasteiger partial charge in [-0.05, 0) is 29.8 Å². The third-order valence-electron chi connectivity index (χ3n) is 3.98. The number of nitrogens with zero attached hydrogens (tertiary/aromatic N) is 4. The Bertz CT molecular complexity index is 763. The number of benzene rings is 1. The lowest BCUT2D eigenvalue weighted by atomic mass is 10.1. The molecule has 0 saturated carbocycles. The maximum atomic E-state index is 6.22. The van der Waals surface area contributed by atoms with Gasteiger partial charge in [-0.2, -0.15) is 5.10 Å². The Kier molecular flexibility index (Phi) is 3.13. The number of rotatable bonds is 3. The second-order valence-electron chi connectivity index (χ2n) is 5.47. The molecule has 2 aromatic heterocycles. The van der Waals surface area contributed by atoms with E-state index in [2.05, 4.69) is 21.0 Å². The Hall–Kier alpha value is -1.91. The molecule has 0 radical (unpaired) electrons. The topological polar surface area (TPSA) is 34.0 Å². The van der Waals surface area contributed by atoms with E-state index in [0.717, 1.165) is 35.6 Å². The Morgan fingerprint density at radius 3 is 2.90 bits per heavy atom. The highest BCUT2D eigenvalue weighted by Crippen LogP contribution is 2.27. The van der Waals surface area contributed by atoms with Crippen molar-refractivity contribution in [1.29, 1.82) is 0 Å². The molecule has 1 aliphatic heterocycles. The normalized spacial score (nSPS) is 16.2. The Morgan fingerprint density at radius 2 is 2.10 bits per heavy atom. The molecule has 1 aromatic carbocycles. The van der Waals surface area contributed by atoms with Crippen molar-refractivity contribution in [2.75, 3.05) is 13.1 Å². The first kappa shape index (κ1) is 12.8. The molecule has 0 amide bonds. The van der Waals surface area contributed by atoms with Crippen molar-refractivity contribution in [3.05, 3.63) is 59.5 Å². The molecule has 3 heterocycles. The van der Waals surface area contributed by atoms with Gasteiger partial charge in [0.1, 0.15) is 0 Å². The van der Waals surface area contributed by atoms with E-state index < -0.39 is 0 Å². The number of pyridine rings is 1. The zero-order valence-electron chi connectivity index (χ0n) is 11.5. The smallest absolute Gasteiger partial charge is 0.0773 e. The lowest BCUT2D eigenvalue weighted by Gasteiger charge is -2.39. The van der Waals surface area contributed by atoms with Crippen LogP contribution in [0.3, 0.4) is 0 Å². The third kappa shape index (κ3) is 2.41. The quantitative estimate of drug-likeness (QED) is 0.745. The minimum atomic E-state index is 0.485. The van der Waals surface area contributed by atoms with Crippen LogP contribution in [0.5, 0.6) is 0 Å². The van der Waals surface area contributed by atoms with Crippen LogP contribution >= 0.6 is 11.6 Å². The van der Waals surface area contributed by atoms with Crippen molar-refractivity contribution < 1.29 is 0 Å². The van der Waals surface area contributed by atoms with Gasteiger partial charge in [-0.3, -0.25) is 14.6 Å². The van der Waals surface area contributed by atoms with Crippen molar-refractivity contribution in [2.45, 2.75) is 12.6 Å². The Labute approximate surface area is 128 Å². The van der Waals surface area contributed by atoms with Crippen molar-refractivity contribution in [3.8, 4) is 0 Å². The van der Waals surface area contributed by atoms with Gasteiger partial charge in [-0.25, -0.2) is 0 Å². The predicted octanol–water partition coefficient (Wildman–Crippen LogP) is 3.14. The molecule has 0 atom stereocenters. The number of aromatic nitrogens is 3. The van der Waals surface area contributed by atoms with Crippen molar-refractivity contribution in [2.24, 2.45) is 0 Å². The number of fused-ring (bicyclic) bond motifs is 1. The van der Waals surface area contributed by atoms with Gasteiger partial charge in [0.05, 0.1) is 11.6 Å². The highest BCUT2D eigenvalue weighted by Gasteiger charge is 2.28. The lowest BCUT2D eigenvalue weighted by Crippen LogP contribution is -2.47. The average molecular weight is 299 g/mol. The van der Waals surface area contributed by atoms with Crippen LogP contribution in [0.15, 0.2) is 48.9 Å². The molecule has 1 fully saturated rings. The van der Waals surface area contributed by atoms with Gasteiger partial charge in [0, 0.05) is 48.6 Å². The zero-order valence-corrected chi connectivity index (χ0v) is 12.2. The SMILES string of the molecule is Clc1cc(CN2CC(n3cccn3)C2)c2ncccc2c1. The van der Waals surface area contributed by atoms with Crippen molar-refractivity contribution in [1.82, 2.24) is 19.7 Å². The van der Waals surface area contributed by atoms with Gasteiger partial charge in [0.25, 0.3) is 0 Å². The van der Waals surface area contributed by atoms with E-state index in [1.54, 1.807) is 0 Å². The van der Waals surface area contributed by atoms with Crippen LogP contribution in [0.4, 0.5) is 0 Å². The molecular weight excluding hydrogens is 284 g/mol. The summed E-state index contributed by atoms with van der Waals surface area (Å²) in [4.78, 5) is 6.89. The summed E-state index contributed by atoms with van der Waals surface area (Å²) in [5.41, 5.74) is 2.24. The molecule has 5 heteroatoms. The van der Waals surface area contributed by atoms with Crippen LogP contribution in [0, 0.1) is 0 Å². The van der Waals surface area contributed by atoms with E-state index in [9.17, 15) is 0 Å². The Morgan fingerprint density at radius 1 is 1.19 bits per heavy atom. The fraction of sp³-hybridized carbons (Fsp3) is 0.250. The van der Waals surface area contributed by atoms with Gasteiger partial charge < -0.3 is 0 Å². The summed E-state index contributed by atoms with van der Waals surface area (Å²) in [7, 11) is 0. The van der Waals surface area contributed by atoms with Crippen LogP contribution in [-0.2, 0) is 6.54 Å². The molecule has 0 spiro atoms. The van der Waals surface area contributed by atoms with E-state index in [0.29, 0.717) is 6.04 Å². The number of hydrogen-bond acceptors (Lipinski definition) is 3. The van der Waals surface area contributed by atoms with Crippen LogP contribution in [0.2, 0.25) is 5.02 Å². The molecule has 3 aromatic rings. The van der Waals surface area contributed by atoms with Crippen LogP contribution in [-0.4, -0.2) is 32.8 Å². The molecule has 0 aliphatic carbocycles. The summed E-state index contributed by atoms with van der Waals surface area (Å²) in [5.74, 6) is 0. The summed E-state index contributed by atoms with van der Waals surface area (Å²) >= 11 is 6.22. The average Bonchev–Trinajstić information content (AvgIpc) is 2.95. The molecule has 1 aliphatic rings. The van der Waals surface area contributed by atoms with Crippen LogP contribution in [0.1, 0.15) is 11.6 Å². The molecule has 4 rings (SSSR count). The number of likely N-dealkylation sites (tertiary alicyclic amines) is 1. The largest absolute Gasteiger partial charge is 0.295 e. The van der Waals surface area contributed by atoms with Gasteiger partial charge in [-0.15, -0.1) is 0 Å². The van der Waals surface area contributed by atoms with E-state index in [-0.39, 0.29) is 0 Å². The summed E-state index contributed by atoms with van der Waals surface area (Å²) < 4.78 is 2.03. The predicted molar refractivity (Wildman–Crippen MR) is 83.3 cm³/mol. The molecule has 1 saturated heterocycles. The maximum absolute atomic E-state index is 6.22. The molecule has 106 valence electrons. The number of hydrogen-bond donors (Lipinski definition) is 0. The van der Waals surface area contributed by atoms with Crippen LogP contribution in [0.25, 0.3) is 10.9 Å². The highest BCUT2D eigenvalue weighted by atomic mass is 35.5. The zero-order chi connectivity index (χ0) is 14.2. The fourth-order valence-corrected chi connectivity index (χ4v) is 3.17. The van der Waals surface area contributed by atoms with Crippen LogP contribution < -0.4 is 0 Å². The monoisotopic (exact) mass is 298 g/mol. The second-order valence-corrected chi connectivity index (χ2v) is 5.91.